The van der Waals surface area contributed by atoms with Gasteiger partial charge in [0.05, 0.1) is 18.3 Å². The molecule has 0 spiro atoms. The first-order valence-corrected chi connectivity index (χ1v) is 6.46. The topological polar surface area (TPSA) is 66.8 Å². The summed E-state index contributed by atoms with van der Waals surface area (Å²) in [5.41, 5.74) is -4.47. The van der Waals surface area contributed by atoms with E-state index in [-0.39, 0.29) is 19.1 Å². The van der Waals surface area contributed by atoms with Gasteiger partial charge in [0.1, 0.15) is 0 Å². The van der Waals surface area contributed by atoms with Crippen LogP contribution in [-0.2, 0) is 14.3 Å². The van der Waals surface area contributed by atoms with E-state index < -0.39 is 40.9 Å². The molecule has 2 atom stereocenters. The van der Waals surface area contributed by atoms with Crippen molar-refractivity contribution >= 4 is 23.6 Å². The van der Waals surface area contributed by atoms with Gasteiger partial charge in [-0.1, -0.05) is 0 Å². The Bertz CT molecular complexity index is 350. The van der Waals surface area contributed by atoms with E-state index >= 15 is 0 Å². The zero-order valence-electron chi connectivity index (χ0n) is 10.1. The maximum Gasteiger partial charge on any atom is 0.442 e. The molecule has 19 heavy (non-hydrogen) atoms. The molecule has 1 amide bonds. The molecular weight excluding hydrogens is 287 g/mol. The minimum atomic E-state index is -4.47. The van der Waals surface area contributed by atoms with Crippen molar-refractivity contribution in [1.82, 2.24) is 4.90 Å². The zero-order chi connectivity index (χ0) is 14.6. The van der Waals surface area contributed by atoms with Gasteiger partial charge in [0.25, 0.3) is 0 Å². The molecule has 0 aromatic rings. The van der Waals surface area contributed by atoms with Crippen LogP contribution < -0.4 is 0 Å². The highest BCUT2D eigenvalue weighted by atomic mass is 32.2. The number of hydrogen-bond acceptors (Lipinski definition) is 4. The molecule has 1 saturated heterocycles. The number of alkyl halides is 3. The van der Waals surface area contributed by atoms with Crippen LogP contribution in [0.25, 0.3) is 0 Å². The summed E-state index contributed by atoms with van der Waals surface area (Å²) in [5.74, 6) is -2.55. The van der Waals surface area contributed by atoms with Gasteiger partial charge in [-0.3, -0.25) is 9.59 Å². The number of rotatable bonds is 5. The van der Waals surface area contributed by atoms with Crippen LogP contribution in [0.15, 0.2) is 0 Å². The average Bonchev–Trinajstić information content (AvgIpc) is 2.67. The zero-order valence-corrected chi connectivity index (χ0v) is 11.0. The number of carboxylic acids is 1. The minimum Gasteiger partial charge on any atom is -0.481 e. The second-order valence-corrected chi connectivity index (χ2v) is 5.17. The van der Waals surface area contributed by atoms with Gasteiger partial charge in [-0.05, 0) is 18.2 Å². The van der Waals surface area contributed by atoms with Gasteiger partial charge in [-0.2, -0.15) is 13.2 Å². The molecule has 0 aromatic heterocycles. The number of hydrogen-bond donors (Lipinski definition) is 1. The van der Waals surface area contributed by atoms with Crippen molar-refractivity contribution in [2.24, 2.45) is 0 Å². The highest BCUT2D eigenvalue weighted by molar-refractivity contribution is 8.00. The summed E-state index contributed by atoms with van der Waals surface area (Å²) < 4.78 is 41.1. The lowest BCUT2D eigenvalue weighted by Gasteiger charge is -2.23. The van der Waals surface area contributed by atoms with E-state index in [1.165, 1.54) is 12.0 Å². The lowest BCUT2D eigenvalue weighted by molar-refractivity contribution is -0.139. The third-order valence-electron chi connectivity index (χ3n) is 2.80. The molecule has 1 aliphatic heterocycles. The van der Waals surface area contributed by atoms with E-state index in [9.17, 15) is 22.8 Å². The lowest BCUT2D eigenvalue weighted by atomic mass is 10.1. The molecule has 1 heterocycles. The number of aliphatic carboxylic acids is 1. The number of thioether (sulfide) groups is 1. The van der Waals surface area contributed by atoms with Crippen molar-refractivity contribution < 1.29 is 32.6 Å². The monoisotopic (exact) mass is 301 g/mol. The van der Waals surface area contributed by atoms with E-state index in [4.69, 9.17) is 9.84 Å². The molecule has 1 aliphatic rings. The summed E-state index contributed by atoms with van der Waals surface area (Å²) in [6.45, 7) is 0.131. The summed E-state index contributed by atoms with van der Waals surface area (Å²) in [4.78, 5) is 23.5. The number of halogens is 3. The molecule has 0 saturated carbocycles. The third kappa shape index (κ3) is 5.27. The van der Waals surface area contributed by atoms with Crippen molar-refractivity contribution in [3.05, 3.63) is 0 Å². The van der Waals surface area contributed by atoms with Gasteiger partial charge in [-0.15, -0.1) is 0 Å². The Kier molecular flexibility index (Phi) is 5.48. The number of ether oxygens (including phenoxy) is 1. The number of amides is 1. The molecule has 0 aliphatic carbocycles. The Morgan fingerprint density at radius 3 is 2.58 bits per heavy atom. The van der Waals surface area contributed by atoms with Crippen LogP contribution in [0.5, 0.6) is 0 Å². The maximum atomic E-state index is 12.0. The fraction of sp³-hybridized carbons (Fsp3) is 0.800. The summed E-state index contributed by atoms with van der Waals surface area (Å²) in [7, 11) is 1.42. The van der Waals surface area contributed by atoms with E-state index in [0.717, 1.165) is 0 Å². The molecule has 5 nitrogen and oxygen atoms in total. The summed E-state index contributed by atoms with van der Waals surface area (Å²) in [6, 6.07) is -0.608. The van der Waals surface area contributed by atoms with Crippen molar-refractivity contribution in [2.45, 2.75) is 30.5 Å². The average molecular weight is 301 g/mol. The summed E-state index contributed by atoms with van der Waals surface area (Å²) >= 11 is -0.421. The van der Waals surface area contributed by atoms with E-state index in [1.807, 2.05) is 0 Å². The fourth-order valence-corrected chi connectivity index (χ4v) is 2.42. The normalized spacial score (nSPS) is 23.7. The predicted molar refractivity (Wildman–Crippen MR) is 61.7 cm³/mol. The van der Waals surface area contributed by atoms with Crippen LogP contribution in [-0.4, -0.2) is 58.9 Å². The Hall–Kier alpha value is -0.960. The van der Waals surface area contributed by atoms with Crippen molar-refractivity contribution in [2.75, 3.05) is 19.4 Å². The number of methoxy groups -OCH3 is 1. The molecule has 1 N–H and O–H groups in total. The number of nitrogens with zero attached hydrogens (tertiary/aromatic N) is 1. The van der Waals surface area contributed by atoms with Crippen molar-refractivity contribution in [3.8, 4) is 0 Å². The highest BCUT2D eigenvalue weighted by Gasteiger charge is 2.38. The maximum absolute atomic E-state index is 12.0. The summed E-state index contributed by atoms with van der Waals surface area (Å²) in [6.07, 6.45) is -0.294. The van der Waals surface area contributed by atoms with Gasteiger partial charge in [0.15, 0.2) is 0 Å². The minimum absolute atomic E-state index is 0.131. The number of carboxylic acid groups (broad SMARTS) is 1. The number of likely N-dealkylation sites (tertiary alicyclic amines) is 1. The predicted octanol–water partition coefficient (Wildman–Crippen LogP) is 1.33. The van der Waals surface area contributed by atoms with Gasteiger partial charge in [0, 0.05) is 19.7 Å². The fourth-order valence-electron chi connectivity index (χ4n) is 1.97. The Morgan fingerprint density at radius 2 is 2.11 bits per heavy atom. The van der Waals surface area contributed by atoms with Crippen molar-refractivity contribution in [1.29, 1.82) is 0 Å². The first-order valence-electron chi connectivity index (χ1n) is 5.47. The summed E-state index contributed by atoms with van der Waals surface area (Å²) in [5, 5.41) is 8.73. The van der Waals surface area contributed by atoms with Crippen LogP contribution in [0.4, 0.5) is 13.2 Å². The second kappa shape index (κ2) is 6.47. The van der Waals surface area contributed by atoms with Crippen LogP contribution in [0.1, 0.15) is 12.8 Å². The molecule has 1 fully saturated rings. The van der Waals surface area contributed by atoms with Crippen LogP contribution in [0.3, 0.4) is 0 Å². The SMILES string of the molecule is COC1CC(CC(=O)O)N(C(=O)CSC(F)(F)F)C1. The molecule has 0 radical (unpaired) electrons. The number of carbonyl (C=O) groups is 2. The standard InChI is InChI=1S/C10H14F3NO4S/c1-18-7-2-6(3-9(16)17)14(4-7)8(15)5-19-10(11,12)13/h6-7H,2-5H2,1H3,(H,16,17). The Morgan fingerprint density at radius 1 is 1.47 bits per heavy atom. The van der Waals surface area contributed by atoms with Crippen LogP contribution in [0, 0.1) is 0 Å². The Labute approximate surface area is 112 Å². The van der Waals surface area contributed by atoms with Gasteiger partial charge in [0.2, 0.25) is 5.91 Å². The first kappa shape index (κ1) is 16.1. The van der Waals surface area contributed by atoms with Gasteiger partial charge >= 0.3 is 11.5 Å². The van der Waals surface area contributed by atoms with E-state index in [1.54, 1.807) is 0 Å². The smallest absolute Gasteiger partial charge is 0.442 e. The molecule has 9 heteroatoms. The largest absolute Gasteiger partial charge is 0.481 e. The molecule has 0 aromatic carbocycles. The molecule has 110 valence electrons. The molecular formula is C10H14F3NO4S. The van der Waals surface area contributed by atoms with Gasteiger partial charge in [-0.25, -0.2) is 0 Å². The molecule has 2 unspecified atom stereocenters. The lowest BCUT2D eigenvalue weighted by Crippen LogP contribution is -2.38. The van der Waals surface area contributed by atoms with E-state index in [2.05, 4.69) is 0 Å². The second-order valence-electron chi connectivity index (χ2n) is 4.13. The van der Waals surface area contributed by atoms with Crippen molar-refractivity contribution in [3.63, 3.8) is 0 Å². The van der Waals surface area contributed by atoms with Gasteiger partial charge < -0.3 is 14.7 Å². The quantitative estimate of drug-likeness (QED) is 0.830. The van der Waals surface area contributed by atoms with Crippen LogP contribution >= 0.6 is 11.8 Å². The third-order valence-corrected chi connectivity index (χ3v) is 3.52. The Balaban J connectivity index is 2.61. The number of carbonyl (C=O) groups excluding carboxylic acids is 1. The van der Waals surface area contributed by atoms with E-state index in [0.29, 0.717) is 6.42 Å². The molecule has 0 bridgehead atoms. The molecule has 1 rings (SSSR count). The first-order chi connectivity index (χ1) is 8.73. The van der Waals surface area contributed by atoms with Crippen LogP contribution in [0.2, 0.25) is 0 Å². The highest BCUT2D eigenvalue weighted by Crippen LogP contribution is 2.31.